The van der Waals surface area contributed by atoms with E-state index in [0.29, 0.717) is 38.9 Å². The van der Waals surface area contributed by atoms with E-state index < -0.39 is 0 Å². The molecule has 116 valence electrons. The van der Waals surface area contributed by atoms with Gasteiger partial charge < -0.3 is 9.80 Å². The first-order valence-corrected chi connectivity index (χ1v) is 7.83. The summed E-state index contributed by atoms with van der Waals surface area (Å²) in [5, 5.41) is 0. The summed E-state index contributed by atoms with van der Waals surface area (Å²) in [5.41, 5.74) is 0. The summed E-state index contributed by atoms with van der Waals surface area (Å²) in [6.07, 6.45) is 4.88. The van der Waals surface area contributed by atoms with Crippen molar-refractivity contribution < 1.29 is 14.4 Å². The molecule has 0 unspecified atom stereocenters. The van der Waals surface area contributed by atoms with Crippen LogP contribution < -0.4 is 0 Å². The van der Waals surface area contributed by atoms with Crippen LogP contribution in [0.4, 0.5) is 0 Å². The average Bonchev–Trinajstić information content (AvgIpc) is 3.02. The predicted octanol–water partition coefficient (Wildman–Crippen LogP) is 1.38. The number of amides is 2. The van der Waals surface area contributed by atoms with Crippen LogP contribution in [0.25, 0.3) is 0 Å². The third kappa shape index (κ3) is 3.34. The number of rotatable bonds is 4. The van der Waals surface area contributed by atoms with E-state index in [1.807, 2.05) is 6.92 Å². The van der Waals surface area contributed by atoms with Gasteiger partial charge in [-0.15, -0.1) is 0 Å². The van der Waals surface area contributed by atoms with Crippen molar-refractivity contribution in [3.8, 4) is 0 Å². The molecule has 21 heavy (non-hydrogen) atoms. The molecule has 0 N–H and O–H groups in total. The van der Waals surface area contributed by atoms with E-state index in [1.54, 1.807) is 9.80 Å². The van der Waals surface area contributed by atoms with Crippen molar-refractivity contribution in [2.24, 2.45) is 5.92 Å². The number of ketones is 1. The van der Waals surface area contributed by atoms with Gasteiger partial charge in [-0.2, -0.15) is 0 Å². The standard InChI is InChI=1S/C16H24N2O3/c1-3-14(19)13-6-5-9-18(13)16(21)12-7-10-17(11-8-12)15(20)4-2/h4,12-13H,2-3,5-11H2,1H3/t13-/m0/s1. The fraction of sp³-hybridized carbons (Fsp3) is 0.688. The number of carbonyl (C=O) groups excluding carboxylic acids is 3. The second-order valence-corrected chi connectivity index (χ2v) is 5.81. The van der Waals surface area contributed by atoms with Gasteiger partial charge in [0, 0.05) is 32.0 Å². The molecule has 5 nitrogen and oxygen atoms in total. The van der Waals surface area contributed by atoms with E-state index in [-0.39, 0.29) is 29.6 Å². The predicted molar refractivity (Wildman–Crippen MR) is 79.5 cm³/mol. The molecule has 0 spiro atoms. The number of carbonyl (C=O) groups is 3. The van der Waals surface area contributed by atoms with E-state index in [0.717, 1.165) is 12.8 Å². The Labute approximate surface area is 126 Å². The van der Waals surface area contributed by atoms with Crippen LogP contribution in [0.15, 0.2) is 12.7 Å². The molecule has 2 amide bonds. The van der Waals surface area contributed by atoms with Gasteiger partial charge in [-0.25, -0.2) is 0 Å². The lowest BCUT2D eigenvalue weighted by Crippen LogP contribution is -2.47. The Morgan fingerprint density at radius 2 is 1.81 bits per heavy atom. The van der Waals surface area contributed by atoms with Crippen LogP contribution >= 0.6 is 0 Å². The highest BCUT2D eigenvalue weighted by atomic mass is 16.2. The molecular formula is C16H24N2O3. The summed E-state index contributed by atoms with van der Waals surface area (Å²) < 4.78 is 0. The zero-order valence-electron chi connectivity index (χ0n) is 12.7. The molecule has 0 aliphatic carbocycles. The van der Waals surface area contributed by atoms with Crippen LogP contribution in [0, 0.1) is 5.92 Å². The lowest BCUT2D eigenvalue weighted by Gasteiger charge is -2.34. The molecule has 2 rings (SSSR count). The van der Waals surface area contributed by atoms with E-state index in [2.05, 4.69) is 6.58 Å². The Morgan fingerprint density at radius 1 is 1.14 bits per heavy atom. The molecule has 2 saturated heterocycles. The number of likely N-dealkylation sites (tertiary alicyclic amines) is 2. The maximum absolute atomic E-state index is 12.6. The number of hydrogen-bond donors (Lipinski definition) is 0. The van der Waals surface area contributed by atoms with E-state index in [1.165, 1.54) is 6.08 Å². The Balaban J connectivity index is 1.94. The summed E-state index contributed by atoms with van der Waals surface area (Å²) >= 11 is 0. The topological polar surface area (TPSA) is 57.7 Å². The van der Waals surface area contributed by atoms with E-state index >= 15 is 0 Å². The van der Waals surface area contributed by atoms with Gasteiger partial charge in [-0.3, -0.25) is 14.4 Å². The minimum absolute atomic E-state index is 0.0517. The summed E-state index contributed by atoms with van der Waals surface area (Å²) in [4.78, 5) is 39.6. The molecule has 0 aromatic heterocycles. The first-order chi connectivity index (χ1) is 10.1. The molecule has 5 heteroatoms. The SMILES string of the molecule is C=CC(=O)N1CCC(C(=O)N2CCC[C@H]2C(=O)CC)CC1. The Hall–Kier alpha value is -1.65. The minimum Gasteiger partial charge on any atom is -0.339 e. The van der Waals surface area contributed by atoms with Gasteiger partial charge in [0.05, 0.1) is 6.04 Å². The number of piperidine rings is 1. The van der Waals surface area contributed by atoms with Crippen LogP contribution in [0.1, 0.15) is 39.0 Å². The second kappa shape index (κ2) is 6.87. The van der Waals surface area contributed by atoms with Gasteiger partial charge in [0.2, 0.25) is 11.8 Å². The maximum atomic E-state index is 12.6. The Bertz CT molecular complexity index is 439. The largest absolute Gasteiger partial charge is 0.339 e. The van der Waals surface area contributed by atoms with Crippen molar-refractivity contribution in [2.45, 2.75) is 45.1 Å². The van der Waals surface area contributed by atoms with Gasteiger partial charge >= 0.3 is 0 Å². The Kier molecular flexibility index (Phi) is 5.15. The second-order valence-electron chi connectivity index (χ2n) is 5.81. The van der Waals surface area contributed by atoms with Crippen LogP contribution in [-0.4, -0.2) is 53.1 Å². The summed E-state index contributed by atoms with van der Waals surface area (Å²) in [7, 11) is 0. The van der Waals surface area contributed by atoms with Crippen LogP contribution in [-0.2, 0) is 14.4 Å². The van der Waals surface area contributed by atoms with Crippen molar-refractivity contribution in [1.82, 2.24) is 9.80 Å². The van der Waals surface area contributed by atoms with Gasteiger partial charge in [-0.1, -0.05) is 13.5 Å². The van der Waals surface area contributed by atoms with Crippen molar-refractivity contribution in [1.29, 1.82) is 0 Å². The summed E-state index contributed by atoms with van der Waals surface area (Å²) in [6.45, 7) is 7.23. The molecule has 2 aliphatic heterocycles. The molecule has 2 fully saturated rings. The third-order valence-electron chi connectivity index (χ3n) is 4.59. The highest BCUT2D eigenvalue weighted by Crippen LogP contribution is 2.26. The molecular weight excluding hydrogens is 268 g/mol. The first kappa shape index (κ1) is 15.7. The molecule has 1 atom stereocenters. The fourth-order valence-electron chi connectivity index (χ4n) is 3.31. The van der Waals surface area contributed by atoms with Gasteiger partial charge in [-0.05, 0) is 31.8 Å². The molecule has 0 aromatic rings. The van der Waals surface area contributed by atoms with Crippen molar-refractivity contribution >= 4 is 17.6 Å². The molecule has 0 saturated carbocycles. The first-order valence-electron chi connectivity index (χ1n) is 7.83. The average molecular weight is 292 g/mol. The summed E-state index contributed by atoms with van der Waals surface area (Å²) in [6, 6.07) is -0.213. The van der Waals surface area contributed by atoms with Gasteiger partial charge in [0.1, 0.15) is 0 Å². The number of nitrogens with zero attached hydrogens (tertiary/aromatic N) is 2. The highest BCUT2D eigenvalue weighted by Gasteiger charge is 2.37. The lowest BCUT2D eigenvalue weighted by molar-refractivity contribution is -0.143. The highest BCUT2D eigenvalue weighted by molar-refractivity contribution is 5.90. The minimum atomic E-state index is -0.213. The Morgan fingerprint density at radius 3 is 2.38 bits per heavy atom. The van der Waals surface area contributed by atoms with Crippen molar-refractivity contribution in [2.75, 3.05) is 19.6 Å². The van der Waals surface area contributed by atoms with Gasteiger partial charge in [0.15, 0.2) is 5.78 Å². The number of hydrogen-bond acceptors (Lipinski definition) is 3. The zero-order valence-corrected chi connectivity index (χ0v) is 12.7. The van der Waals surface area contributed by atoms with E-state index in [9.17, 15) is 14.4 Å². The number of Topliss-reactive ketones (excluding diaryl/α,β-unsaturated/α-hetero) is 1. The summed E-state index contributed by atoms with van der Waals surface area (Å²) in [5.74, 6) is 0.148. The zero-order chi connectivity index (χ0) is 15.4. The van der Waals surface area contributed by atoms with Crippen molar-refractivity contribution in [3.63, 3.8) is 0 Å². The fourth-order valence-corrected chi connectivity index (χ4v) is 3.31. The molecule has 0 radical (unpaired) electrons. The quantitative estimate of drug-likeness (QED) is 0.736. The third-order valence-corrected chi connectivity index (χ3v) is 4.59. The van der Waals surface area contributed by atoms with Crippen LogP contribution in [0.5, 0.6) is 0 Å². The molecule has 0 bridgehead atoms. The lowest BCUT2D eigenvalue weighted by atomic mass is 9.94. The monoisotopic (exact) mass is 292 g/mol. The van der Waals surface area contributed by atoms with Crippen LogP contribution in [0.2, 0.25) is 0 Å². The van der Waals surface area contributed by atoms with Crippen LogP contribution in [0.3, 0.4) is 0 Å². The normalized spacial score (nSPS) is 23.2. The van der Waals surface area contributed by atoms with E-state index in [4.69, 9.17) is 0 Å². The van der Waals surface area contributed by atoms with Gasteiger partial charge in [0.25, 0.3) is 0 Å². The molecule has 2 heterocycles. The maximum Gasteiger partial charge on any atom is 0.245 e. The molecule has 2 aliphatic rings. The van der Waals surface area contributed by atoms with Crippen molar-refractivity contribution in [3.05, 3.63) is 12.7 Å². The smallest absolute Gasteiger partial charge is 0.245 e. The molecule has 0 aromatic carbocycles.